The van der Waals surface area contributed by atoms with Crippen molar-refractivity contribution in [3.63, 3.8) is 0 Å². The number of hydrogen-bond acceptors (Lipinski definition) is 2. The van der Waals surface area contributed by atoms with E-state index >= 15 is 0 Å². The normalized spacial score (nSPS) is 29.1. The van der Waals surface area contributed by atoms with Gasteiger partial charge in [-0.15, -0.1) is 0 Å². The second-order valence-corrected chi connectivity index (χ2v) is 6.77. The molecule has 17 heavy (non-hydrogen) atoms. The van der Waals surface area contributed by atoms with Gasteiger partial charge in [0.25, 0.3) is 0 Å². The molecule has 0 radical (unpaired) electrons. The second-order valence-electron chi connectivity index (χ2n) is 6.77. The van der Waals surface area contributed by atoms with Crippen LogP contribution in [0.15, 0.2) is 11.6 Å². The quantitative estimate of drug-likeness (QED) is 0.755. The Hall–Kier alpha value is -0.340. The summed E-state index contributed by atoms with van der Waals surface area (Å²) >= 11 is 0. The van der Waals surface area contributed by atoms with Gasteiger partial charge in [0.15, 0.2) is 0 Å². The smallest absolute Gasteiger partial charge is 0.0165 e. The van der Waals surface area contributed by atoms with Gasteiger partial charge in [0, 0.05) is 18.6 Å². The van der Waals surface area contributed by atoms with Gasteiger partial charge in [0.1, 0.15) is 0 Å². The molecule has 1 atom stereocenters. The molecule has 2 heteroatoms. The Labute approximate surface area is 106 Å². The van der Waals surface area contributed by atoms with Gasteiger partial charge in [-0.1, -0.05) is 25.5 Å². The monoisotopic (exact) mass is 236 g/mol. The van der Waals surface area contributed by atoms with Crippen LogP contribution < -0.4 is 5.32 Å². The molecule has 0 aromatic heterocycles. The van der Waals surface area contributed by atoms with Crippen molar-refractivity contribution in [3.05, 3.63) is 11.6 Å². The van der Waals surface area contributed by atoms with E-state index in [0.717, 1.165) is 18.6 Å². The highest BCUT2D eigenvalue weighted by Crippen LogP contribution is 2.45. The minimum atomic E-state index is 0.569. The maximum atomic E-state index is 3.83. The molecule has 2 rings (SSSR count). The summed E-state index contributed by atoms with van der Waals surface area (Å²) in [5.74, 6) is 0. The lowest BCUT2D eigenvalue weighted by molar-refractivity contribution is 0.211. The summed E-state index contributed by atoms with van der Waals surface area (Å²) in [6.45, 7) is 12.8. The molecule has 1 aliphatic heterocycles. The highest BCUT2D eigenvalue weighted by Gasteiger charge is 2.46. The number of likely N-dealkylation sites (tertiary alicyclic amines) is 1. The zero-order chi connectivity index (χ0) is 12.5. The fourth-order valence-electron chi connectivity index (χ4n) is 2.63. The number of nitrogens with zero attached hydrogens (tertiary/aromatic N) is 1. The number of hydrogen-bond donors (Lipinski definition) is 1. The molecule has 98 valence electrons. The van der Waals surface area contributed by atoms with E-state index in [1.54, 1.807) is 0 Å². The van der Waals surface area contributed by atoms with Crippen molar-refractivity contribution < 1.29 is 0 Å². The van der Waals surface area contributed by atoms with Crippen LogP contribution in [0.1, 0.15) is 47.0 Å². The van der Waals surface area contributed by atoms with Gasteiger partial charge in [-0.05, 0) is 51.6 Å². The van der Waals surface area contributed by atoms with E-state index in [0.29, 0.717) is 5.41 Å². The summed E-state index contributed by atoms with van der Waals surface area (Å²) < 4.78 is 0. The molecular formula is C15H28N2. The standard InChI is InChI=1S/C15H28N2/c1-12(2)5-8-17-9-6-13(7-10-17)16-14-11-15(14,3)4/h5,13-14,16H,6-11H2,1-4H3. The van der Waals surface area contributed by atoms with Crippen molar-refractivity contribution in [2.75, 3.05) is 19.6 Å². The van der Waals surface area contributed by atoms with Crippen LogP contribution in [0, 0.1) is 5.41 Å². The highest BCUT2D eigenvalue weighted by molar-refractivity contribution is 5.03. The highest BCUT2D eigenvalue weighted by atomic mass is 15.1. The first-order chi connectivity index (χ1) is 7.97. The number of allylic oxidation sites excluding steroid dienone is 1. The molecule has 2 fully saturated rings. The predicted molar refractivity (Wildman–Crippen MR) is 74.2 cm³/mol. The minimum Gasteiger partial charge on any atom is -0.311 e. The lowest BCUT2D eigenvalue weighted by Crippen LogP contribution is -2.44. The van der Waals surface area contributed by atoms with Gasteiger partial charge >= 0.3 is 0 Å². The van der Waals surface area contributed by atoms with Gasteiger partial charge in [-0.3, -0.25) is 4.90 Å². The first kappa shape index (κ1) is 13.1. The van der Waals surface area contributed by atoms with Crippen LogP contribution in [0.5, 0.6) is 0 Å². The van der Waals surface area contributed by atoms with Gasteiger partial charge in [0.05, 0.1) is 0 Å². The molecule has 1 saturated carbocycles. The molecule has 2 aliphatic rings. The van der Waals surface area contributed by atoms with E-state index in [9.17, 15) is 0 Å². The molecule has 1 N–H and O–H groups in total. The maximum Gasteiger partial charge on any atom is 0.0165 e. The Bertz CT molecular complexity index is 281. The van der Waals surface area contributed by atoms with E-state index in [-0.39, 0.29) is 0 Å². The first-order valence-corrected chi connectivity index (χ1v) is 7.09. The lowest BCUT2D eigenvalue weighted by Gasteiger charge is -2.32. The Morgan fingerprint density at radius 1 is 1.29 bits per heavy atom. The average molecular weight is 236 g/mol. The van der Waals surface area contributed by atoms with E-state index < -0.39 is 0 Å². The maximum absolute atomic E-state index is 3.83. The summed E-state index contributed by atoms with van der Waals surface area (Å²) in [4.78, 5) is 2.57. The molecule has 1 unspecified atom stereocenters. The van der Waals surface area contributed by atoms with Crippen molar-refractivity contribution in [2.45, 2.75) is 59.0 Å². The van der Waals surface area contributed by atoms with Gasteiger partial charge in [0.2, 0.25) is 0 Å². The van der Waals surface area contributed by atoms with Crippen molar-refractivity contribution >= 4 is 0 Å². The van der Waals surface area contributed by atoms with Crippen LogP contribution in [-0.4, -0.2) is 36.6 Å². The summed E-state index contributed by atoms with van der Waals surface area (Å²) in [5.41, 5.74) is 2.00. The molecule has 0 aromatic rings. The third-order valence-corrected chi connectivity index (χ3v) is 4.30. The Morgan fingerprint density at radius 2 is 1.88 bits per heavy atom. The van der Waals surface area contributed by atoms with Crippen LogP contribution in [0.25, 0.3) is 0 Å². The van der Waals surface area contributed by atoms with E-state index in [1.165, 1.54) is 37.9 Å². The lowest BCUT2D eigenvalue weighted by atomic mass is 10.0. The van der Waals surface area contributed by atoms with Crippen molar-refractivity contribution in [3.8, 4) is 0 Å². The first-order valence-electron chi connectivity index (χ1n) is 7.09. The van der Waals surface area contributed by atoms with Crippen LogP contribution >= 0.6 is 0 Å². The van der Waals surface area contributed by atoms with Crippen LogP contribution in [0.2, 0.25) is 0 Å². The summed E-state index contributed by atoms with van der Waals surface area (Å²) in [6, 6.07) is 1.56. The number of rotatable bonds is 4. The summed E-state index contributed by atoms with van der Waals surface area (Å²) in [5, 5.41) is 3.83. The molecule has 0 bridgehead atoms. The second kappa shape index (κ2) is 5.11. The third-order valence-electron chi connectivity index (χ3n) is 4.30. The topological polar surface area (TPSA) is 15.3 Å². The van der Waals surface area contributed by atoms with Crippen LogP contribution in [-0.2, 0) is 0 Å². The van der Waals surface area contributed by atoms with E-state index in [2.05, 4.69) is 44.0 Å². The molecule has 0 spiro atoms. The van der Waals surface area contributed by atoms with Crippen LogP contribution in [0.4, 0.5) is 0 Å². The van der Waals surface area contributed by atoms with Gasteiger partial charge < -0.3 is 5.32 Å². The molecule has 1 heterocycles. The molecular weight excluding hydrogens is 208 g/mol. The zero-order valence-electron chi connectivity index (χ0n) is 11.9. The fourth-order valence-corrected chi connectivity index (χ4v) is 2.63. The Kier molecular flexibility index (Phi) is 3.94. The zero-order valence-corrected chi connectivity index (χ0v) is 11.9. The van der Waals surface area contributed by atoms with E-state index in [1.807, 2.05) is 0 Å². The average Bonchev–Trinajstić information content (AvgIpc) is 2.85. The molecule has 0 amide bonds. The van der Waals surface area contributed by atoms with E-state index in [4.69, 9.17) is 0 Å². The largest absolute Gasteiger partial charge is 0.311 e. The molecule has 0 aromatic carbocycles. The Morgan fingerprint density at radius 3 is 2.35 bits per heavy atom. The number of nitrogens with one attached hydrogen (secondary N) is 1. The molecule has 1 aliphatic carbocycles. The van der Waals surface area contributed by atoms with Crippen molar-refractivity contribution in [1.82, 2.24) is 10.2 Å². The Balaban J connectivity index is 1.66. The van der Waals surface area contributed by atoms with Crippen molar-refractivity contribution in [2.24, 2.45) is 5.41 Å². The summed E-state index contributed by atoms with van der Waals surface area (Å²) in [7, 11) is 0. The predicted octanol–water partition coefficient (Wildman–Crippen LogP) is 2.81. The summed E-state index contributed by atoms with van der Waals surface area (Å²) in [6.07, 6.45) is 6.36. The van der Waals surface area contributed by atoms with Crippen LogP contribution in [0.3, 0.4) is 0 Å². The fraction of sp³-hybridized carbons (Fsp3) is 0.867. The minimum absolute atomic E-state index is 0.569. The van der Waals surface area contributed by atoms with Crippen molar-refractivity contribution in [1.29, 1.82) is 0 Å². The van der Waals surface area contributed by atoms with Gasteiger partial charge in [-0.25, -0.2) is 0 Å². The SMILES string of the molecule is CC(C)=CCN1CCC(NC2CC2(C)C)CC1. The third kappa shape index (κ3) is 3.82. The number of piperidine rings is 1. The molecule has 2 nitrogen and oxygen atoms in total. The molecule has 1 saturated heterocycles. The van der Waals surface area contributed by atoms with Gasteiger partial charge in [-0.2, -0.15) is 0 Å².